The molecule has 1 saturated carbocycles. The maximum atomic E-state index is 12.5. The van der Waals surface area contributed by atoms with Crippen molar-refractivity contribution in [1.82, 2.24) is 0 Å². The zero-order valence-electron chi connectivity index (χ0n) is 12.6. The van der Waals surface area contributed by atoms with E-state index >= 15 is 0 Å². The molecule has 19 heavy (non-hydrogen) atoms. The largest absolute Gasteiger partial charge is 0.465 e. The summed E-state index contributed by atoms with van der Waals surface area (Å²) in [5.41, 5.74) is 0. The van der Waals surface area contributed by atoms with E-state index in [4.69, 9.17) is 4.74 Å². The first-order chi connectivity index (χ1) is 9.13. The van der Waals surface area contributed by atoms with E-state index in [1.807, 2.05) is 6.92 Å². The molecule has 1 atom stereocenters. The van der Waals surface area contributed by atoms with Crippen molar-refractivity contribution in [3.8, 4) is 0 Å². The number of hydrogen-bond donors (Lipinski definition) is 0. The van der Waals surface area contributed by atoms with Gasteiger partial charge in [-0.15, -0.1) is 0 Å². The van der Waals surface area contributed by atoms with Gasteiger partial charge in [-0.1, -0.05) is 26.7 Å². The van der Waals surface area contributed by atoms with E-state index in [0.717, 1.165) is 38.0 Å². The van der Waals surface area contributed by atoms with Gasteiger partial charge in [-0.3, -0.25) is 9.59 Å². The minimum atomic E-state index is -0.520. The number of carbonyl (C=O) groups excluding carboxylic acids is 2. The lowest BCUT2D eigenvalue weighted by atomic mass is 9.76. The average molecular weight is 268 g/mol. The molecule has 0 saturated heterocycles. The molecule has 0 aromatic rings. The summed E-state index contributed by atoms with van der Waals surface area (Å²) in [6.45, 7) is 6.37. The average Bonchev–Trinajstić information content (AvgIpc) is 2.44. The molecule has 1 unspecified atom stereocenters. The minimum Gasteiger partial charge on any atom is -0.465 e. The third kappa shape index (κ3) is 4.63. The molecule has 0 aliphatic heterocycles. The summed E-state index contributed by atoms with van der Waals surface area (Å²) in [7, 11) is 0. The van der Waals surface area contributed by atoms with Gasteiger partial charge in [0.1, 0.15) is 11.7 Å². The predicted molar refractivity (Wildman–Crippen MR) is 75.8 cm³/mol. The van der Waals surface area contributed by atoms with Gasteiger partial charge in [0.25, 0.3) is 0 Å². The van der Waals surface area contributed by atoms with E-state index in [0.29, 0.717) is 13.0 Å². The molecule has 0 aromatic heterocycles. The highest BCUT2D eigenvalue weighted by Crippen LogP contribution is 2.33. The van der Waals surface area contributed by atoms with Gasteiger partial charge < -0.3 is 4.74 Å². The molecular weight excluding hydrogens is 240 g/mol. The summed E-state index contributed by atoms with van der Waals surface area (Å²) in [4.78, 5) is 24.4. The van der Waals surface area contributed by atoms with Crippen LogP contribution in [-0.2, 0) is 14.3 Å². The van der Waals surface area contributed by atoms with Crippen molar-refractivity contribution in [2.24, 2.45) is 17.8 Å². The van der Waals surface area contributed by atoms with Gasteiger partial charge in [0.05, 0.1) is 6.61 Å². The van der Waals surface area contributed by atoms with Crippen LogP contribution >= 0.6 is 0 Å². The molecule has 1 rings (SSSR count). The van der Waals surface area contributed by atoms with Crippen molar-refractivity contribution in [2.75, 3.05) is 6.61 Å². The van der Waals surface area contributed by atoms with E-state index in [1.165, 1.54) is 6.42 Å². The molecule has 0 N–H and O–H groups in total. The highest BCUT2D eigenvalue weighted by Gasteiger charge is 2.34. The number of carbonyl (C=O) groups is 2. The molecule has 1 aliphatic rings. The Bertz CT molecular complexity index is 290. The number of esters is 1. The van der Waals surface area contributed by atoms with Crippen LogP contribution in [0.5, 0.6) is 0 Å². The number of hydrogen-bond acceptors (Lipinski definition) is 3. The molecule has 3 nitrogen and oxygen atoms in total. The van der Waals surface area contributed by atoms with Crippen LogP contribution < -0.4 is 0 Å². The van der Waals surface area contributed by atoms with Crippen LogP contribution in [0.2, 0.25) is 0 Å². The lowest BCUT2D eigenvalue weighted by Crippen LogP contribution is -2.33. The molecule has 110 valence electrons. The number of ketones is 1. The number of Topliss-reactive ketones (excluding diaryl/α,β-unsaturated/α-hetero) is 1. The van der Waals surface area contributed by atoms with Crippen molar-refractivity contribution in [3.05, 3.63) is 0 Å². The van der Waals surface area contributed by atoms with Gasteiger partial charge in [-0.05, 0) is 44.9 Å². The Balaban J connectivity index is 2.59. The second kappa shape index (κ2) is 8.34. The van der Waals surface area contributed by atoms with Gasteiger partial charge >= 0.3 is 5.97 Å². The predicted octanol–water partition coefficient (Wildman–Crippen LogP) is 3.75. The Morgan fingerprint density at radius 3 is 2.21 bits per heavy atom. The van der Waals surface area contributed by atoms with Gasteiger partial charge in [-0.25, -0.2) is 0 Å². The molecule has 0 spiro atoms. The monoisotopic (exact) mass is 268 g/mol. The standard InChI is InChI=1S/C16H28O3/c1-4-7-14(16(18)19-6-3)15(17)13-10-8-12(5-2)9-11-13/h12-14H,4-11H2,1-3H3. The van der Waals surface area contributed by atoms with Crippen molar-refractivity contribution in [2.45, 2.75) is 65.7 Å². The van der Waals surface area contributed by atoms with E-state index in [2.05, 4.69) is 6.92 Å². The zero-order chi connectivity index (χ0) is 14.3. The molecule has 0 bridgehead atoms. The van der Waals surface area contributed by atoms with Crippen molar-refractivity contribution in [3.63, 3.8) is 0 Å². The summed E-state index contributed by atoms with van der Waals surface area (Å²) in [6, 6.07) is 0. The van der Waals surface area contributed by atoms with Crippen molar-refractivity contribution in [1.29, 1.82) is 0 Å². The highest BCUT2D eigenvalue weighted by molar-refractivity contribution is 6.00. The number of rotatable bonds is 7. The summed E-state index contributed by atoms with van der Waals surface area (Å²) < 4.78 is 5.05. The van der Waals surface area contributed by atoms with Crippen LogP contribution in [0.1, 0.15) is 65.7 Å². The third-order valence-electron chi connectivity index (χ3n) is 4.32. The first-order valence-corrected chi connectivity index (χ1v) is 7.84. The minimum absolute atomic E-state index is 0.0868. The molecular formula is C16H28O3. The van der Waals surface area contributed by atoms with E-state index in [-0.39, 0.29) is 17.7 Å². The lowest BCUT2D eigenvalue weighted by Gasteiger charge is -2.28. The van der Waals surface area contributed by atoms with Gasteiger partial charge in [0, 0.05) is 5.92 Å². The van der Waals surface area contributed by atoms with Gasteiger partial charge in [0.15, 0.2) is 0 Å². The second-order valence-electron chi connectivity index (χ2n) is 5.62. The van der Waals surface area contributed by atoms with Crippen LogP contribution in [0.15, 0.2) is 0 Å². The summed E-state index contributed by atoms with van der Waals surface area (Å²) in [5, 5.41) is 0. The van der Waals surface area contributed by atoms with Crippen LogP contribution in [0.4, 0.5) is 0 Å². The van der Waals surface area contributed by atoms with Crippen molar-refractivity contribution < 1.29 is 14.3 Å². The maximum absolute atomic E-state index is 12.5. The first kappa shape index (κ1) is 16.2. The quantitative estimate of drug-likeness (QED) is 0.521. The Morgan fingerprint density at radius 2 is 1.74 bits per heavy atom. The van der Waals surface area contributed by atoms with E-state index < -0.39 is 5.92 Å². The molecule has 3 heteroatoms. The van der Waals surface area contributed by atoms with Crippen molar-refractivity contribution >= 4 is 11.8 Å². The summed E-state index contributed by atoms with van der Waals surface area (Å²) >= 11 is 0. The Morgan fingerprint density at radius 1 is 1.11 bits per heavy atom. The Labute approximate surface area is 117 Å². The molecule has 0 amide bonds. The molecule has 1 aliphatic carbocycles. The lowest BCUT2D eigenvalue weighted by molar-refractivity contribution is -0.153. The SMILES string of the molecule is CCCC(C(=O)OCC)C(=O)C1CCC(CC)CC1. The highest BCUT2D eigenvalue weighted by atomic mass is 16.5. The summed E-state index contributed by atoms with van der Waals surface area (Å²) in [5.74, 6) is 0.162. The molecule has 0 heterocycles. The van der Waals surface area contributed by atoms with E-state index in [9.17, 15) is 9.59 Å². The first-order valence-electron chi connectivity index (χ1n) is 7.84. The zero-order valence-corrected chi connectivity index (χ0v) is 12.6. The van der Waals surface area contributed by atoms with Gasteiger partial charge in [0.2, 0.25) is 0 Å². The number of ether oxygens (including phenoxy) is 1. The fourth-order valence-electron chi connectivity index (χ4n) is 3.05. The fourth-order valence-corrected chi connectivity index (χ4v) is 3.05. The fraction of sp³-hybridized carbons (Fsp3) is 0.875. The normalized spacial score (nSPS) is 24.8. The molecule has 0 radical (unpaired) electrons. The van der Waals surface area contributed by atoms with Crippen LogP contribution in [0, 0.1) is 17.8 Å². The summed E-state index contributed by atoms with van der Waals surface area (Å²) in [6.07, 6.45) is 6.86. The van der Waals surface area contributed by atoms with E-state index in [1.54, 1.807) is 6.92 Å². The third-order valence-corrected chi connectivity index (χ3v) is 4.32. The topological polar surface area (TPSA) is 43.4 Å². The smallest absolute Gasteiger partial charge is 0.316 e. The Kier molecular flexibility index (Phi) is 7.11. The maximum Gasteiger partial charge on any atom is 0.316 e. The van der Waals surface area contributed by atoms with Crippen LogP contribution in [-0.4, -0.2) is 18.4 Å². The molecule has 0 aromatic carbocycles. The van der Waals surface area contributed by atoms with Crippen LogP contribution in [0.3, 0.4) is 0 Å². The molecule has 1 fully saturated rings. The Hall–Kier alpha value is -0.860. The second-order valence-corrected chi connectivity index (χ2v) is 5.62. The van der Waals surface area contributed by atoms with Gasteiger partial charge in [-0.2, -0.15) is 0 Å². The van der Waals surface area contributed by atoms with Crippen LogP contribution in [0.25, 0.3) is 0 Å².